The molecule has 0 aromatic heterocycles. The van der Waals surface area contributed by atoms with Gasteiger partial charge in [0.1, 0.15) is 11.9 Å². The van der Waals surface area contributed by atoms with Crippen LogP contribution in [0.25, 0.3) is 0 Å². The zero-order valence-electron chi connectivity index (χ0n) is 10.0. The van der Waals surface area contributed by atoms with Crippen LogP contribution < -0.4 is 0 Å². The summed E-state index contributed by atoms with van der Waals surface area (Å²) in [4.78, 5) is 11.8. The molecular weight excluding hydrogens is 243 g/mol. The molecule has 0 N–H and O–H groups in total. The van der Waals surface area contributed by atoms with Gasteiger partial charge in [-0.3, -0.25) is 4.79 Å². The SMILES string of the molecule is CCOC(CC)C(=O)Cc1ccc(Cl)cc1F. The summed E-state index contributed by atoms with van der Waals surface area (Å²) >= 11 is 5.64. The van der Waals surface area contributed by atoms with Gasteiger partial charge in [0.15, 0.2) is 5.78 Å². The van der Waals surface area contributed by atoms with Crippen LogP contribution in [0, 0.1) is 5.82 Å². The molecule has 0 aliphatic rings. The molecule has 0 aliphatic heterocycles. The number of rotatable bonds is 6. The molecular formula is C13H16ClFO2. The van der Waals surface area contributed by atoms with Gasteiger partial charge in [0.25, 0.3) is 0 Å². The number of carbonyl (C=O) groups is 1. The third-order valence-electron chi connectivity index (χ3n) is 2.48. The van der Waals surface area contributed by atoms with Crippen molar-refractivity contribution in [2.75, 3.05) is 6.61 Å². The van der Waals surface area contributed by atoms with Crippen molar-refractivity contribution in [3.63, 3.8) is 0 Å². The zero-order chi connectivity index (χ0) is 12.8. The highest BCUT2D eigenvalue weighted by Gasteiger charge is 2.18. The van der Waals surface area contributed by atoms with Crippen molar-refractivity contribution in [3.05, 3.63) is 34.6 Å². The largest absolute Gasteiger partial charge is 0.371 e. The molecule has 0 amide bonds. The normalized spacial score (nSPS) is 12.5. The highest BCUT2D eigenvalue weighted by atomic mass is 35.5. The van der Waals surface area contributed by atoms with E-state index in [1.54, 1.807) is 6.07 Å². The van der Waals surface area contributed by atoms with Crippen molar-refractivity contribution in [3.8, 4) is 0 Å². The molecule has 0 bridgehead atoms. The molecule has 94 valence electrons. The lowest BCUT2D eigenvalue weighted by Crippen LogP contribution is -2.25. The molecule has 4 heteroatoms. The van der Waals surface area contributed by atoms with E-state index in [0.29, 0.717) is 23.6 Å². The van der Waals surface area contributed by atoms with E-state index in [1.165, 1.54) is 12.1 Å². The minimum absolute atomic E-state index is 0.0432. The van der Waals surface area contributed by atoms with Gasteiger partial charge in [-0.2, -0.15) is 0 Å². The molecule has 0 saturated heterocycles. The van der Waals surface area contributed by atoms with Crippen LogP contribution in [0.1, 0.15) is 25.8 Å². The van der Waals surface area contributed by atoms with Crippen molar-refractivity contribution < 1.29 is 13.9 Å². The number of benzene rings is 1. The summed E-state index contributed by atoms with van der Waals surface area (Å²) in [5, 5.41) is 0.329. The molecule has 1 aromatic rings. The second kappa shape index (κ2) is 6.72. The van der Waals surface area contributed by atoms with Crippen LogP contribution in [-0.2, 0) is 16.0 Å². The van der Waals surface area contributed by atoms with Gasteiger partial charge in [-0.15, -0.1) is 0 Å². The molecule has 0 radical (unpaired) electrons. The summed E-state index contributed by atoms with van der Waals surface area (Å²) in [5.41, 5.74) is 0.359. The lowest BCUT2D eigenvalue weighted by Gasteiger charge is -2.13. The van der Waals surface area contributed by atoms with Crippen LogP contribution in [0.5, 0.6) is 0 Å². The maximum absolute atomic E-state index is 13.5. The number of ketones is 1. The van der Waals surface area contributed by atoms with Gasteiger partial charge in [0, 0.05) is 18.1 Å². The molecule has 1 aromatic carbocycles. The van der Waals surface area contributed by atoms with Gasteiger partial charge < -0.3 is 4.74 Å². The quantitative estimate of drug-likeness (QED) is 0.782. The average molecular weight is 259 g/mol. The van der Waals surface area contributed by atoms with Crippen LogP contribution in [-0.4, -0.2) is 18.5 Å². The molecule has 0 spiro atoms. The molecule has 1 unspecified atom stereocenters. The lowest BCUT2D eigenvalue weighted by atomic mass is 10.0. The van der Waals surface area contributed by atoms with E-state index in [2.05, 4.69) is 0 Å². The number of ether oxygens (including phenoxy) is 1. The van der Waals surface area contributed by atoms with Crippen molar-refractivity contribution in [2.24, 2.45) is 0 Å². The first-order chi connectivity index (χ1) is 8.08. The van der Waals surface area contributed by atoms with E-state index in [0.717, 1.165) is 0 Å². The topological polar surface area (TPSA) is 26.3 Å². The Hall–Kier alpha value is -0.930. The number of halogens is 2. The Bertz CT molecular complexity index is 393. The van der Waals surface area contributed by atoms with E-state index in [-0.39, 0.29) is 12.2 Å². The molecule has 0 saturated carbocycles. The second-order valence-electron chi connectivity index (χ2n) is 3.73. The van der Waals surface area contributed by atoms with Crippen LogP contribution in [0.3, 0.4) is 0 Å². The summed E-state index contributed by atoms with van der Waals surface area (Å²) in [7, 11) is 0. The zero-order valence-corrected chi connectivity index (χ0v) is 10.8. The number of hydrogen-bond acceptors (Lipinski definition) is 2. The fraction of sp³-hybridized carbons (Fsp3) is 0.462. The Morgan fingerprint density at radius 3 is 2.71 bits per heavy atom. The number of hydrogen-bond donors (Lipinski definition) is 0. The lowest BCUT2D eigenvalue weighted by molar-refractivity contribution is -0.129. The van der Waals surface area contributed by atoms with Gasteiger partial charge >= 0.3 is 0 Å². The molecule has 17 heavy (non-hydrogen) atoms. The summed E-state index contributed by atoms with van der Waals surface area (Å²) < 4.78 is 18.8. The average Bonchev–Trinajstić information content (AvgIpc) is 2.29. The monoisotopic (exact) mass is 258 g/mol. The fourth-order valence-electron chi connectivity index (χ4n) is 1.61. The molecule has 0 aliphatic carbocycles. The Balaban J connectivity index is 2.73. The molecule has 0 heterocycles. The smallest absolute Gasteiger partial charge is 0.165 e. The van der Waals surface area contributed by atoms with Gasteiger partial charge in [0.05, 0.1) is 0 Å². The maximum Gasteiger partial charge on any atom is 0.165 e. The Morgan fingerprint density at radius 1 is 1.47 bits per heavy atom. The minimum atomic E-state index is -0.449. The van der Waals surface area contributed by atoms with Gasteiger partial charge in [-0.1, -0.05) is 24.6 Å². The Morgan fingerprint density at radius 2 is 2.18 bits per heavy atom. The Labute approximate surface area is 106 Å². The van der Waals surface area contributed by atoms with Crippen LogP contribution >= 0.6 is 11.6 Å². The van der Waals surface area contributed by atoms with Gasteiger partial charge in [-0.05, 0) is 31.0 Å². The van der Waals surface area contributed by atoms with E-state index >= 15 is 0 Å². The molecule has 2 nitrogen and oxygen atoms in total. The van der Waals surface area contributed by atoms with E-state index in [1.807, 2.05) is 13.8 Å². The summed E-state index contributed by atoms with van der Waals surface area (Å²) in [5.74, 6) is -0.548. The van der Waals surface area contributed by atoms with Crippen LogP contribution in [0.4, 0.5) is 4.39 Å². The number of carbonyl (C=O) groups excluding carboxylic acids is 1. The highest BCUT2D eigenvalue weighted by Crippen LogP contribution is 2.16. The fourth-order valence-corrected chi connectivity index (χ4v) is 1.77. The van der Waals surface area contributed by atoms with Crippen molar-refractivity contribution in [1.29, 1.82) is 0 Å². The molecule has 0 fully saturated rings. The van der Waals surface area contributed by atoms with Crippen molar-refractivity contribution in [1.82, 2.24) is 0 Å². The first kappa shape index (κ1) is 14.1. The predicted molar refractivity (Wildman–Crippen MR) is 65.8 cm³/mol. The Kier molecular flexibility index (Phi) is 5.59. The van der Waals surface area contributed by atoms with Crippen molar-refractivity contribution >= 4 is 17.4 Å². The summed E-state index contributed by atoms with van der Waals surface area (Å²) in [6.45, 7) is 4.18. The summed E-state index contributed by atoms with van der Waals surface area (Å²) in [6, 6.07) is 4.33. The first-order valence-electron chi connectivity index (χ1n) is 5.66. The standard InChI is InChI=1S/C13H16ClFO2/c1-3-13(17-4-2)12(16)7-9-5-6-10(14)8-11(9)15/h5-6,8,13H,3-4,7H2,1-2H3. The minimum Gasteiger partial charge on any atom is -0.371 e. The van der Waals surface area contributed by atoms with Crippen molar-refractivity contribution in [2.45, 2.75) is 32.8 Å². The molecule has 1 rings (SSSR count). The first-order valence-corrected chi connectivity index (χ1v) is 6.04. The third-order valence-corrected chi connectivity index (χ3v) is 2.71. The van der Waals surface area contributed by atoms with Gasteiger partial charge in [0.2, 0.25) is 0 Å². The second-order valence-corrected chi connectivity index (χ2v) is 4.17. The maximum atomic E-state index is 13.5. The number of Topliss-reactive ketones (excluding diaryl/α,β-unsaturated/α-hetero) is 1. The summed E-state index contributed by atoms with van der Waals surface area (Å²) in [6.07, 6.45) is 0.193. The van der Waals surface area contributed by atoms with E-state index < -0.39 is 11.9 Å². The predicted octanol–water partition coefficient (Wildman–Crippen LogP) is 3.41. The van der Waals surface area contributed by atoms with Crippen LogP contribution in [0.15, 0.2) is 18.2 Å². The van der Waals surface area contributed by atoms with E-state index in [9.17, 15) is 9.18 Å². The van der Waals surface area contributed by atoms with E-state index in [4.69, 9.17) is 16.3 Å². The third kappa shape index (κ3) is 4.10. The molecule has 1 atom stereocenters. The van der Waals surface area contributed by atoms with Crippen LogP contribution in [0.2, 0.25) is 5.02 Å². The van der Waals surface area contributed by atoms with Gasteiger partial charge in [-0.25, -0.2) is 4.39 Å². The highest BCUT2D eigenvalue weighted by molar-refractivity contribution is 6.30.